The largest absolute Gasteiger partial charge is 0.497 e. The van der Waals surface area contributed by atoms with E-state index in [4.69, 9.17) is 9.47 Å². The molecular formula is C34H28N2O5. The maximum atomic E-state index is 14.3. The molecule has 0 saturated carbocycles. The van der Waals surface area contributed by atoms with Crippen molar-refractivity contribution in [1.29, 1.82) is 0 Å². The van der Waals surface area contributed by atoms with E-state index in [2.05, 4.69) is 29.6 Å². The summed E-state index contributed by atoms with van der Waals surface area (Å²) in [7, 11) is 3.07. The topological polar surface area (TPSA) is 84.9 Å². The molecule has 1 N–H and O–H groups in total. The van der Waals surface area contributed by atoms with Crippen molar-refractivity contribution in [3.63, 3.8) is 0 Å². The van der Waals surface area contributed by atoms with Crippen LogP contribution in [0.2, 0.25) is 0 Å². The van der Waals surface area contributed by atoms with Crippen LogP contribution in [0.5, 0.6) is 11.5 Å². The third-order valence-electron chi connectivity index (χ3n) is 9.06. The van der Waals surface area contributed by atoms with Gasteiger partial charge in [0.15, 0.2) is 0 Å². The van der Waals surface area contributed by atoms with Gasteiger partial charge in [0.25, 0.3) is 5.91 Å². The summed E-state index contributed by atoms with van der Waals surface area (Å²) >= 11 is 0. The Morgan fingerprint density at radius 1 is 0.805 bits per heavy atom. The van der Waals surface area contributed by atoms with E-state index in [9.17, 15) is 14.4 Å². The van der Waals surface area contributed by atoms with Gasteiger partial charge in [0.05, 0.1) is 36.9 Å². The third kappa shape index (κ3) is 3.41. The summed E-state index contributed by atoms with van der Waals surface area (Å²) in [5, 5.41) is 2.85. The van der Waals surface area contributed by atoms with Crippen molar-refractivity contribution in [1.82, 2.24) is 0 Å². The molecule has 4 aliphatic rings. The van der Waals surface area contributed by atoms with Crippen molar-refractivity contribution in [2.24, 2.45) is 11.3 Å². The average Bonchev–Trinajstić information content (AvgIpc) is 3.21. The van der Waals surface area contributed by atoms with Gasteiger partial charge in [-0.2, -0.15) is 0 Å². The maximum absolute atomic E-state index is 14.3. The van der Waals surface area contributed by atoms with Gasteiger partial charge in [-0.3, -0.25) is 14.4 Å². The monoisotopic (exact) mass is 544 g/mol. The highest BCUT2D eigenvalue weighted by Crippen LogP contribution is 2.67. The van der Waals surface area contributed by atoms with Crippen LogP contribution in [-0.2, 0) is 9.59 Å². The zero-order valence-electron chi connectivity index (χ0n) is 22.9. The smallest absolute Gasteiger partial charge is 0.255 e. The molecule has 4 aromatic rings. The summed E-state index contributed by atoms with van der Waals surface area (Å²) in [5.74, 6) is -0.595. The standard InChI is InChI=1S/C34H28N2O5/c1-34-29-24-10-6-4-8-22(24)28(23-9-5-7-11-25(23)29)30(34)32(38)36(33(34)39)20-14-12-19(13-15-20)31(37)35-26-18-21(40-2)16-17-27(26)41-3/h4-18,28-30H,1-3H3,(H,35,37)/t28?,29?,30-,34-/m1/s1. The van der Waals surface area contributed by atoms with Crippen LogP contribution in [0.4, 0.5) is 11.4 Å². The molecule has 3 amide bonds. The number of nitrogens with zero attached hydrogens (tertiary/aromatic N) is 1. The first-order valence-corrected chi connectivity index (χ1v) is 13.6. The highest BCUT2D eigenvalue weighted by molar-refractivity contribution is 6.25. The summed E-state index contributed by atoms with van der Waals surface area (Å²) < 4.78 is 10.6. The molecule has 1 fully saturated rings. The number of carbonyl (C=O) groups is 3. The van der Waals surface area contributed by atoms with E-state index in [0.29, 0.717) is 28.4 Å². The SMILES string of the molecule is COc1ccc(OC)c(NC(=O)c2ccc(N3C(=O)[C@H]4C5c6ccccc6C(c6ccccc65)[C@@]4(C)C3=O)cc2)c1. The number of imide groups is 1. The zero-order chi connectivity index (χ0) is 28.5. The second-order valence-electron chi connectivity index (χ2n) is 11.0. The average molecular weight is 545 g/mol. The molecule has 1 saturated heterocycles. The lowest BCUT2D eigenvalue weighted by Crippen LogP contribution is -2.49. The van der Waals surface area contributed by atoms with E-state index in [1.807, 2.05) is 31.2 Å². The van der Waals surface area contributed by atoms with Crippen molar-refractivity contribution in [3.8, 4) is 11.5 Å². The molecule has 0 spiro atoms. The van der Waals surface area contributed by atoms with Crippen molar-refractivity contribution in [2.75, 3.05) is 24.4 Å². The number of hydrogen-bond acceptors (Lipinski definition) is 5. The van der Waals surface area contributed by atoms with E-state index in [0.717, 1.165) is 22.3 Å². The molecule has 1 heterocycles. The number of carbonyl (C=O) groups excluding carboxylic acids is 3. The van der Waals surface area contributed by atoms with Gasteiger partial charge in [0.1, 0.15) is 11.5 Å². The molecule has 7 heteroatoms. The Morgan fingerprint density at radius 3 is 2.00 bits per heavy atom. The van der Waals surface area contributed by atoms with E-state index in [1.165, 1.54) is 12.0 Å². The molecule has 204 valence electrons. The highest BCUT2D eigenvalue weighted by atomic mass is 16.5. The fourth-order valence-electron chi connectivity index (χ4n) is 7.23. The van der Waals surface area contributed by atoms with Crippen LogP contribution in [-0.4, -0.2) is 31.9 Å². The van der Waals surface area contributed by atoms with Crippen LogP contribution >= 0.6 is 0 Å². The first-order valence-electron chi connectivity index (χ1n) is 13.6. The minimum absolute atomic E-state index is 0.193. The van der Waals surface area contributed by atoms with Crippen LogP contribution in [0.3, 0.4) is 0 Å². The third-order valence-corrected chi connectivity index (χ3v) is 9.06. The number of rotatable bonds is 5. The van der Waals surface area contributed by atoms with Gasteiger partial charge in [0, 0.05) is 23.5 Å². The summed E-state index contributed by atoms with van der Waals surface area (Å²) in [6.45, 7) is 1.95. The first-order chi connectivity index (χ1) is 19.9. The Kier molecular flexibility index (Phi) is 5.54. The molecule has 1 aliphatic heterocycles. The number of benzene rings is 4. The molecule has 3 aliphatic carbocycles. The molecule has 0 unspecified atom stereocenters. The first kappa shape index (κ1) is 25.1. The van der Waals surface area contributed by atoms with Gasteiger partial charge >= 0.3 is 0 Å². The molecule has 2 bridgehead atoms. The van der Waals surface area contributed by atoms with E-state index in [1.54, 1.807) is 49.6 Å². The number of methoxy groups -OCH3 is 2. The minimum Gasteiger partial charge on any atom is -0.497 e. The molecule has 0 aromatic heterocycles. The number of amides is 3. The highest BCUT2D eigenvalue weighted by Gasteiger charge is 2.68. The van der Waals surface area contributed by atoms with Crippen LogP contribution < -0.4 is 19.7 Å². The normalized spacial score (nSPS) is 23.5. The predicted octanol–water partition coefficient (Wildman–Crippen LogP) is 5.74. The van der Waals surface area contributed by atoms with Gasteiger partial charge in [-0.15, -0.1) is 0 Å². The molecule has 2 atom stereocenters. The Balaban J connectivity index is 1.22. The van der Waals surface area contributed by atoms with Gasteiger partial charge in [-0.25, -0.2) is 4.90 Å². The van der Waals surface area contributed by atoms with Gasteiger partial charge in [-0.05, 0) is 65.6 Å². The fourth-order valence-corrected chi connectivity index (χ4v) is 7.23. The van der Waals surface area contributed by atoms with E-state index >= 15 is 0 Å². The zero-order valence-corrected chi connectivity index (χ0v) is 22.9. The van der Waals surface area contributed by atoms with Crippen LogP contribution in [0.25, 0.3) is 0 Å². The molecule has 4 aromatic carbocycles. The summed E-state index contributed by atoms with van der Waals surface area (Å²) in [6.07, 6.45) is 0. The van der Waals surface area contributed by atoms with Crippen LogP contribution in [0.15, 0.2) is 91.0 Å². The Morgan fingerprint density at radius 2 is 1.41 bits per heavy atom. The number of anilines is 2. The molecule has 0 radical (unpaired) electrons. The summed E-state index contributed by atoms with van der Waals surface area (Å²) in [4.78, 5) is 42.8. The molecule has 7 nitrogen and oxygen atoms in total. The van der Waals surface area contributed by atoms with Crippen LogP contribution in [0.1, 0.15) is 51.4 Å². The van der Waals surface area contributed by atoms with Crippen LogP contribution in [0, 0.1) is 11.3 Å². The fraction of sp³-hybridized carbons (Fsp3) is 0.206. The minimum atomic E-state index is -0.913. The van der Waals surface area contributed by atoms with Gasteiger partial charge < -0.3 is 14.8 Å². The van der Waals surface area contributed by atoms with Crippen molar-refractivity contribution < 1.29 is 23.9 Å². The summed E-state index contributed by atoms with van der Waals surface area (Å²) in [5.41, 5.74) is 4.89. The predicted molar refractivity (Wildman–Crippen MR) is 155 cm³/mol. The number of hydrogen-bond donors (Lipinski definition) is 1. The molecule has 8 rings (SSSR count). The maximum Gasteiger partial charge on any atom is 0.255 e. The quantitative estimate of drug-likeness (QED) is 0.324. The van der Waals surface area contributed by atoms with E-state index in [-0.39, 0.29) is 29.6 Å². The van der Waals surface area contributed by atoms with Crippen molar-refractivity contribution in [3.05, 3.63) is 119 Å². The van der Waals surface area contributed by atoms with Gasteiger partial charge in [0.2, 0.25) is 11.8 Å². The summed E-state index contributed by atoms with van der Waals surface area (Å²) in [6, 6.07) is 28.1. The second-order valence-corrected chi connectivity index (χ2v) is 11.0. The number of ether oxygens (including phenoxy) is 2. The van der Waals surface area contributed by atoms with E-state index < -0.39 is 11.3 Å². The van der Waals surface area contributed by atoms with Crippen molar-refractivity contribution >= 4 is 29.1 Å². The lowest BCUT2D eigenvalue weighted by molar-refractivity contribution is -0.128. The Labute approximate surface area is 237 Å². The lowest BCUT2D eigenvalue weighted by Gasteiger charge is -2.51. The Bertz CT molecular complexity index is 1700. The second kappa shape index (κ2) is 9.06. The van der Waals surface area contributed by atoms with Gasteiger partial charge in [-0.1, -0.05) is 48.5 Å². The number of nitrogens with one attached hydrogen (secondary N) is 1. The van der Waals surface area contributed by atoms with Crippen molar-refractivity contribution in [2.45, 2.75) is 18.8 Å². The Hall–Kier alpha value is -4.91. The molecular weight excluding hydrogens is 516 g/mol. The lowest BCUT2D eigenvalue weighted by atomic mass is 9.48. The molecule has 41 heavy (non-hydrogen) atoms.